The van der Waals surface area contributed by atoms with Gasteiger partial charge in [-0.2, -0.15) is 4.36 Å². The number of nitrogens with two attached hydrogens (primary N) is 1. The van der Waals surface area contributed by atoms with Crippen molar-refractivity contribution in [1.82, 2.24) is 4.90 Å². The summed E-state index contributed by atoms with van der Waals surface area (Å²) >= 11 is 0. The van der Waals surface area contributed by atoms with E-state index in [4.69, 9.17) is 5.14 Å². The smallest absolute Gasteiger partial charge is 0.159 e. The van der Waals surface area contributed by atoms with Crippen LogP contribution in [-0.2, 0) is 22.9 Å². The number of aliphatic hydroxyl groups excluding tert-OH is 1. The molecule has 0 aliphatic heterocycles. The minimum Gasteiger partial charge on any atom is -0.371 e. The largest absolute Gasteiger partial charge is 0.371 e. The molecule has 3 aromatic rings. The van der Waals surface area contributed by atoms with E-state index in [0.717, 1.165) is 23.2 Å². The molecule has 3 N–H and O–H groups in total. The van der Waals surface area contributed by atoms with Crippen molar-refractivity contribution >= 4 is 9.92 Å². The van der Waals surface area contributed by atoms with Crippen LogP contribution in [0.3, 0.4) is 0 Å². The van der Waals surface area contributed by atoms with Gasteiger partial charge in [0.1, 0.15) is 9.92 Å². The highest BCUT2D eigenvalue weighted by molar-refractivity contribution is 7.91. The molecule has 194 valence electrons. The highest BCUT2D eigenvalue weighted by Crippen LogP contribution is 2.34. The molecule has 0 spiro atoms. The maximum atomic E-state index is 13.3. The van der Waals surface area contributed by atoms with Crippen LogP contribution in [0.25, 0.3) is 11.1 Å². The van der Waals surface area contributed by atoms with Crippen molar-refractivity contribution < 1.29 is 9.32 Å². The van der Waals surface area contributed by atoms with Gasteiger partial charge in [0.05, 0.1) is 4.90 Å². The van der Waals surface area contributed by atoms with Gasteiger partial charge in [-0.1, -0.05) is 81.8 Å². The van der Waals surface area contributed by atoms with E-state index in [1.54, 1.807) is 12.1 Å². The second kappa shape index (κ2) is 11.7. The number of benzene rings is 3. The van der Waals surface area contributed by atoms with E-state index in [9.17, 15) is 9.32 Å². The van der Waals surface area contributed by atoms with E-state index < -0.39 is 16.1 Å². The Balaban J connectivity index is 1.98. The summed E-state index contributed by atoms with van der Waals surface area (Å²) in [6, 6.07) is 20.3. The standard InChI is InChI=1S/C30H41N3O2S/c1-20(2)27-16-25(24-12-8-22(5)9-13-24)17-28(21(3)4)29(27)18-30(34)32-36(31,35)26-14-10-23(11-15-26)19-33(6)7/h8-17,20-21,30,34H,18-19H2,1-7H3,(H2,31,32,35). The minimum atomic E-state index is -3.23. The molecule has 0 saturated carbocycles. The Morgan fingerprint density at radius 2 is 1.42 bits per heavy atom. The maximum absolute atomic E-state index is 13.3. The molecule has 2 unspecified atom stereocenters. The van der Waals surface area contributed by atoms with Crippen molar-refractivity contribution in [2.45, 2.75) is 70.5 Å². The summed E-state index contributed by atoms with van der Waals surface area (Å²) in [5.74, 6) is 0.503. The Hall–Kier alpha value is -2.51. The van der Waals surface area contributed by atoms with Crippen LogP contribution in [0.15, 0.2) is 69.9 Å². The maximum Gasteiger partial charge on any atom is 0.159 e. The molecule has 0 heterocycles. The van der Waals surface area contributed by atoms with Gasteiger partial charge in [0.2, 0.25) is 0 Å². The molecule has 5 nitrogen and oxygen atoms in total. The van der Waals surface area contributed by atoms with Gasteiger partial charge in [0.15, 0.2) is 6.23 Å². The molecule has 3 rings (SSSR count). The Kier molecular flexibility index (Phi) is 9.12. The second-order valence-corrected chi connectivity index (χ2v) is 12.4. The first-order valence-electron chi connectivity index (χ1n) is 12.6. The number of hydrogen-bond donors (Lipinski definition) is 2. The SMILES string of the molecule is Cc1ccc(-c2cc(C(C)C)c(CC(O)N=S(N)(=O)c3ccc(CN(C)C)cc3)c(C(C)C)c2)cc1. The van der Waals surface area contributed by atoms with Crippen LogP contribution in [0, 0.1) is 6.92 Å². The Morgan fingerprint density at radius 3 is 1.89 bits per heavy atom. The zero-order valence-corrected chi connectivity index (χ0v) is 23.5. The fourth-order valence-electron chi connectivity index (χ4n) is 4.51. The van der Waals surface area contributed by atoms with Crippen LogP contribution in [0.5, 0.6) is 0 Å². The molecule has 0 bridgehead atoms. The molecule has 0 aliphatic carbocycles. The lowest BCUT2D eigenvalue weighted by Crippen LogP contribution is -2.20. The molecule has 6 heteroatoms. The van der Waals surface area contributed by atoms with Gasteiger partial charge in [-0.3, -0.25) is 0 Å². The van der Waals surface area contributed by atoms with Gasteiger partial charge in [-0.05, 0) is 78.4 Å². The first kappa shape index (κ1) is 28.1. The molecule has 3 aromatic carbocycles. The number of aryl methyl sites for hydroxylation is 1. The lowest BCUT2D eigenvalue weighted by Gasteiger charge is -2.23. The first-order chi connectivity index (χ1) is 16.9. The molecule has 0 saturated heterocycles. The Morgan fingerprint density at radius 1 is 0.889 bits per heavy atom. The van der Waals surface area contributed by atoms with Gasteiger partial charge in [-0.15, -0.1) is 0 Å². The summed E-state index contributed by atoms with van der Waals surface area (Å²) in [6.07, 6.45) is -0.911. The highest BCUT2D eigenvalue weighted by Gasteiger charge is 2.20. The third-order valence-corrected chi connectivity index (χ3v) is 7.88. The molecular weight excluding hydrogens is 466 g/mol. The summed E-state index contributed by atoms with van der Waals surface area (Å²) in [6.45, 7) is 11.5. The van der Waals surface area contributed by atoms with E-state index >= 15 is 0 Å². The van der Waals surface area contributed by atoms with E-state index in [1.807, 2.05) is 26.2 Å². The molecule has 0 radical (unpaired) electrons. The Labute approximate surface area is 217 Å². The van der Waals surface area contributed by atoms with E-state index in [0.29, 0.717) is 4.90 Å². The predicted octanol–water partition coefficient (Wildman–Crippen LogP) is 6.23. The first-order valence-corrected chi connectivity index (χ1v) is 14.1. The summed E-state index contributed by atoms with van der Waals surface area (Å²) in [5, 5.41) is 17.1. The minimum absolute atomic E-state index is 0.251. The topological polar surface area (TPSA) is 78.9 Å². The van der Waals surface area contributed by atoms with Crippen molar-refractivity contribution in [2.24, 2.45) is 9.50 Å². The molecule has 2 atom stereocenters. The van der Waals surface area contributed by atoms with Gasteiger partial charge in [0.25, 0.3) is 0 Å². The summed E-state index contributed by atoms with van der Waals surface area (Å²) in [4.78, 5) is 2.48. The van der Waals surface area contributed by atoms with Crippen LogP contribution < -0.4 is 5.14 Å². The summed E-state index contributed by atoms with van der Waals surface area (Å²) in [5.41, 5.74) is 8.05. The van der Waals surface area contributed by atoms with E-state index in [-0.39, 0.29) is 18.3 Å². The normalized spacial score (nSPS) is 14.3. The second-order valence-electron chi connectivity index (χ2n) is 10.5. The summed E-state index contributed by atoms with van der Waals surface area (Å²) < 4.78 is 17.5. The highest BCUT2D eigenvalue weighted by atomic mass is 32.2. The Bertz CT molecular complexity index is 1260. The quantitative estimate of drug-likeness (QED) is 0.360. The van der Waals surface area contributed by atoms with Gasteiger partial charge in [-0.25, -0.2) is 9.35 Å². The predicted molar refractivity (Wildman–Crippen MR) is 151 cm³/mol. The number of aliphatic hydroxyl groups is 1. The van der Waals surface area contributed by atoms with Crippen molar-refractivity contribution in [3.63, 3.8) is 0 Å². The van der Waals surface area contributed by atoms with Crippen LogP contribution in [0.4, 0.5) is 0 Å². The third-order valence-electron chi connectivity index (χ3n) is 6.37. The van der Waals surface area contributed by atoms with Gasteiger partial charge < -0.3 is 10.0 Å². The number of rotatable bonds is 9. The van der Waals surface area contributed by atoms with Crippen LogP contribution in [0.2, 0.25) is 0 Å². The van der Waals surface area contributed by atoms with Gasteiger partial charge in [0, 0.05) is 13.0 Å². The van der Waals surface area contributed by atoms with Crippen molar-refractivity contribution in [3.05, 3.63) is 88.5 Å². The van der Waals surface area contributed by atoms with Crippen LogP contribution in [-0.4, -0.2) is 34.5 Å². The van der Waals surface area contributed by atoms with Crippen molar-refractivity contribution in [2.75, 3.05) is 14.1 Å². The lowest BCUT2D eigenvalue weighted by atomic mass is 9.83. The van der Waals surface area contributed by atoms with Crippen LogP contribution in [0.1, 0.15) is 67.3 Å². The zero-order valence-electron chi connectivity index (χ0n) is 22.7. The monoisotopic (exact) mass is 507 g/mol. The average Bonchev–Trinajstić information content (AvgIpc) is 2.79. The van der Waals surface area contributed by atoms with E-state index in [2.05, 4.69) is 80.3 Å². The molecule has 0 fully saturated rings. The molecule has 36 heavy (non-hydrogen) atoms. The fourth-order valence-corrected chi connectivity index (χ4v) is 5.60. The fraction of sp³-hybridized carbons (Fsp3) is 0.400. The number of nitrogens with zero attached hydrogens (tertiary/aromatic N) is 2. The zero-order chi connectivity index (χ0) is 26.6. The average molecular weight is 508 g/mol. The van der Waals surface area contributed by atoms with Crippen molar-refractivity contribution in [3.8, 4) is 11.1 Å². The molecule has 0 aromatic heterocycles. The number of hydrogen-bond acceptors (Lipinski definition) is 4. The van der Waals surface area contributed by atoms with Crippen LogP contribution >= 0.6 is 0 Å². The lowest BCUT2D eigenvalue weighted by molar-refractivity contribution is 0.186. The third kappa shape index (κ3) is 7.04. The molecular formula is C30H41N3O2S. The molecule has 0 amide bonds. The van der Waals surface area contributed by atoms with Crippen molar-refractivity contribution in [1.29, 1.82) is 0 Å². The summed E-state index contributed by atoms with van der Waals surface area (Å²) in [7, 11) is 0.757. The molecule has 0 aliphatic rings. The van der Waals surface area contributed by atoms with Gasteiger partial charge >= 0.3 is 0 Å². The van der Waals surface area contributed by atoms with E-state index in [1.165, 1.54) is 22.3 Å².